The van der Waals surface area contributed by atoms with Crippen molar-refractivity contribution in [2.75, 3.05) is 0 Å². The van der Waals surface area contributed by atoms with Gasteiger partial charge in [0, 0.05) is 0 Å². The van der Waals surface area contributed by atoms with Gasteiger partial charge in [0.2, 0.25) is 0 Å². The molecule has 62 valence electrons. The Kier molecular flexibility index (Phi) is 4.33. The average molecular weight is 193 g/mol. The van der Waals surface area contributed by atoms with Gasteiger partial charge in [-0.3, -0.25) is 0 Å². The first kappa shape index (κ1) is 10.6. The van der Waals surface area contributed by atoms with Crippen molar-refractivity contribution < 1.29 is 8.76 Å². The molecule has 0 bridgehead atoms. The summed E-state index contributed by atoms with van der Waals surface area (Å²) in [6, 6.07) is 6.91. The highest BCUT2D eigenvalue weighted by atomic mass is 35.5. The number of halogens is 1. The molecule has 0 fully saturated rings. The summed E-state index contributed by atoms with van der Waals surface area (Å²) in [5.74, 6) is 0. The third-order valence-corrected chi connectivity index (χ3v) is 1.90. The van der Waals surface area contributed by atoms with Gasteiger partial charge in [-0.2, -0.15) is 0 Å². The first-order valence-electron chi connectivity index (χ1n) is 2.87. The topological polar surface area (TPSA) is 37.3 Å². The molecule has 11 heavy (non-hydrogen) atoms. The van der Waals surface area contributed by atoms with E-state index in [1.165, 1.54) is 0 Å². The predicted molar refractivity (Wildman–Crippen MR) is 47.5 cm³/mol. The van der Waals surface area contributed by atoms with Gasteiger partial charge in [0.1, 0.15) is 0 Å². The van der Waals surface area contributed by atoms with Crippen LogP contribution in [-0.4, -0.2) is 8.76 Å². The molecule has 1 aromatic carbocycles. The highest BCUT2D eigenvalue weighted by molar-refractivity contribution is 7.79. The Hall–Kier alpha value is -0.380. The summed E-state index contributed by atoms with van der Waals surface area (Å²) in [6.45, 7) is 1.93. The van der Waals surface area contributed by atoms with Crippen LogP contribution in [0.5, 0.6) is 0 Å². The fraction of sp³-hybridized carbons (Fsp3) is 0.143. The molecule has 0 heterocycles. The zero-order chi connectivity index (χ0) is 7.56. The Morgan fingerprint density at radius 3 is 2.09 bits per heavy atom. The lowest BCUT2D eigenvalue weighted by atomic mass is 10.2. The minimum atomic E-state index is -1.84. The molecule has 4 heteroatoms. The van der Waals surface area contributed by atoms with Gasteiger partial charge in [0.25, 0.3) is 0 Å². The SMILES string of the molecule is Cc1ccc(S(=O)O)cc1.Cl. The highest BCUT2D eigenvalue weighted by Gasteiger charge is 1.95. The summed E-state index contributed by atoms with van der Waals surface area (Å²) < 4.78 is 19.0. The smallest absolute Gasteiger partial charge is 0.186 e. The molecule has 0 radical (unpaired) electrons. The van der Waals surface area contributed by atoms with Crippen LogP contribution in [0.25, 0.3) is 0 Å². The molecular weight excluding hydrogens is 184 g/mol. The van der Waals surface area contributed by atoms with Gasteiger partial charge in [-0.05, 0) is 19.1 Å². The molecule has 2 nitrogen and oxygen atoms in total. The van der Waals surface area contributed by atoms with E-state index < -0.39 is 11.1 Å². The van der Waals surface area contributed by atoms with Crippen LogP contribution in [-0.2, 0) is 11.1 Å². The molecule has 0 aliphatic carbocycles. The lowest BCUT2D eigenvalue weighted by Gasteiger charge is -1.93. The molecule has 1 unspecified atom stereocenters. The predicted octanol–water partition coefficient (Wildman–Crippen LogP) is 2.00. The molecule has 0 aliphatic heterocycles. The normalized spacial score (nSPS) is 11.8. The largest absolute Gasteiger partial charge is 0.302 e. The molecule has 0 saturated carbocycles. The first-order chi connectivity index (χ1) is 4.70. The van der Waals surface area contributed by atoms with Crippen molar-refractivity contribution >= 4 is 23.5 Å². The van der Waals surface area contributed by atoms with Crippen LogP contribution in [0.1, 0.15) is 5.56 Å². The Balaban J connectivity index is 0.000001000. The number of hydrogen-bond acceptors (Lipinski definition) is 1. The Morgan fingerprint density at radius 1 is 1.27 bits per heavy atom. The molecule has 0 aliphatic rings. The van der Waals surface area contributed by atoms with E-state index in [1.807, 2.05) is 19.1 Å². The Bertz CT molecular complexity index is 245. The standard InChI is InChI=1S/C7H8O2S.ClH/c1-6-2-4-7(5-3-6)10(8)9;/h2-5H,1H3,(H,8,9);1H. The molecule has 0 spiro atoms. The highest BCUT2D eigenvalue weighted by Crippen LogP contribution is 2.05. The summed E-state index contributed by atoms with van der Waals surface area (Å²) in [6.07, 6.45) is 0. The van der Waals surface area contributed by atoms with Gasteiger partial charge >= 0.3 is 0 Å². The molecule has 1 rings (SSSR count). The van der Waals surface area contributed by atoms with Crippen molar-refractivity contribution in [3.63, 3.8) is 0 Å². The third kappa shape index (κ3) is 3.01. The fourth-order valence-electron chi connectivity index (χ4n) is 0.655. The van der Waals surface area contributed by atoms with Crippen LogP contribution in [0.4, 0.5) is 0 Å². The number of benzene rings is 1. The van der Waals surface area contributed by atoms with Crippen LogP contribution < -0.4 is 0 Å². The van der Waals surface area contributed by atoms with E-state index in [1.54, 1.807) is 12.1 Å². The number of aryl methyl sites for hydroxylation is 1. The van der Waals surface area contributed by atoms with Crippen molar-refractivity contribution in [2.24, 2.45) is 0 Å². The minimum Gasteiger partial charge on any atom is -0.302 e. The lowest BCUT2D eigenvalue weighted by Crippen LogP contribution is -1.86. The van der Waals surface area contributed by atoms with E-state index >= 15 is 0 Å². The van der Waals surface area contributed by atoms with Crippen molar-refractivity contribution in [3.8, 4) is 0 Å². The maximum Gasteiger partial charge on any atom is 0.186 e. The van der Waals surface area contributed by atoms with Gasteiger partial charge in [0.15, 0.2) is 11.1 Å². The van der Waals surface area contributed by atoms with Gasteiger partial charge in [-0.15, -0.1) is 12.4 Å². The van der Waals surface area contributed by atoms with Crippen molar-refractivity contribution in [2.45, 2.75) is 11.8 Å². The molecule has 0 amide bonds. The molecular formula is C7H9ClO2S. The van der Waals surface area contributed by atoms with Crippen LogP contribution in [0, 0.1) is 6.92 Å². The Labute approximate surface area is 74.3 Å². The molecule has 0 aromatic heterocycles. The van der Waals surface area contributed by atoms with E-state index in [9.17, 15) is 4.21 Å². The molecule has 1 N–H and O–H groups in total. The van der Waals surface area contributed by atoms with Crippen molar-refractivity contribution in [1.82, 2.24) is 0 Å². The third-order valence-electron chi connectivity index (χ3n) is 1.22. The lowest BCUT2D eigenvalue weighted by molar-refractivity contribution is 0.564. The number of rotatable bonds is 1. The molecule has 1 atom stereocenters. The maximum atomic E-state index is 10.4. The zero-order valence-corrected chi connectivity index (χ0v) is 7.61. The van der Waals surface area contributed by atoms with Crippen LogP contribution in [0.2, 0.25) is 0 Å². The van der Waals surface area contributed by atoms with Gasteiger partial charge in [-0.1, -0.05) is 17.7 Å². The quantitative estimate of drug-likeness (QED) is 0.692. The van der Waals surface area contributed by atoms with Crippen molar-refractivity contribution in [1.29, 1.82) is 0 Å². The summed E-state index contributed by atoms with van der Waals surface area (Å²) in [5, 5.41) is 0. The van der Waals surface area contributed by atoms with Crippen LogP contribution in [0.15, 0.2) is 29.2 Å². The van der Waals surface area contributed by atoms with Gasteiger partial charge in [-0.25, -0.2) is 4.21 Å². The van der Waals surface area contributed by atoms with E-state index in [4.69, 9.17) is 4.55 Å². The van der Waals surface area contributed by atoms with E-state index in [-0.39, 0.29) is 12.4 Å². The Morgan fingerprint density at radius 2 is 1.73 bits per heavy atom. The average Bonchev–Trinajstić information content (AvgIpc) is 1.88. The number of hydrogen-bond donors (Lipinski definition) is 1. The second-order valence-electron chi connectivity index (χ2n) is 2.06. The van der Waals surface area contributed by atoms with E-state index in [0.717, 1.165) is 5.56 Å². The molecule has 0 saturated heterocycles. The first-order valence-corrected chi connectivity index (χ1v) is 3.98. The van der Waals surface area contributed by atoms with Gasteiger partial charge in [0.05, 0.1) is 4.90 Å². The summed E-state index contributed by atoms with van der Waals surface area (Å²) in [7, 11) is 0. The summed E-state index contributed by atoms with van der Waals surface area (Å²) >= 11 is -1.84. The monoisotopic (exact) mass is 192 g/mol. The minimum absolute atomic E-state index is 0. The molecule has 1 aromatic rings. The van der Waals surface area contributed by atoms with E-state index in [0.29, 0.717) is 4.90 Å². The maximum absolute atomic E-state index is 10.4. The van der Waals surface area contributed by atoms with Crippen molar-refractivity contribution in [3.05, 3.63) is 29.8 Å². The fourth-order valence-corrected chi connectivity index (χ4v) is 1.02. The van der Waals surface area contributed by atoms with Crippen LogP contribution >= 0.6 is 12.4 Å². The van der Waals surface area contributed by atoms with Gasteiger partial charge < -0.3 is 4.55 Å². The summed E-state index contributed by atoms with van der Waals surface area (Å²) in [5.41, 5.74) is 1.09. The van der Waals surface area contributed by atoms with Crippen LogP contribution in [0.3, 0.4) is 0 Å². The van der Waals surface area contributed by atoms with E-state index in [2.05, 4.69) is 0 Å². The zero-order valence-electron chi connectivity index (χ0n) is 5.98. The summed E-state index contributed by atoms with van der Waals surface area (Å²) in [4.78, 5) is 0.450. The second kappa shape index (κ2) is 4.49. The second-order valence-corrected chi connectivity index (χ2v) is 3.03.